The highest BCUT2D eigenvalue weighted by Gasteiger charge is 2.16. The van der Waals surface area contributed by atoms with Crippen LogP contribution >= 0.6 is 0 Å². The van der Waals surface area contributed by atoms with Crippen molar-refractivity contribution in [1.29, 1.82) is 5.26 Å². The number of nitrogens with two attached hydrogens (primary N) is 1. The Balaban J connectivity index is 2.57. The van der Waals surface area contributed by atoms with Crippen LogP contribution in [0.25, 0.3) is 11.1 Å². The minimum Gasteiger partial charge on any atom is -0.399 e. The summed E-state index contributed by atoms with van der Waals surface area (Å²) in [6.45, 7) is 2.35. The number of aromatic amines is 1. The molecule has 0 aliphatic heterocycles. The molecule has 0 atom stereocenters. The van der Waals surface area contributed by atoms with E-state index >= 15 is 0 Å². The van der Waals surface area contributed by atoms with Crippen molar-refractivity contribution in [2.45, 2.75) is 13.5 Å². The number of nitriles is 1. The molecule has 1 aromatic heterocycles. The van der Waals surface area contributed by atoms with E-state index in [1.165, 1.54) is 0 Å². The summed E-state index contributed by atoms with van der Waals surface area (Å²) in [6, 6.07) is 9.74. The van der Waals surface area contributed by atoms with E-state index in [4.69, 9.17) is 10.5 Å². The summed E-state index contributed by atoms with van der Waals surface area (Å²) in [6.07, 6.45) is 0. The van der Waals surface area contributed by atoms with Gasteiger partial charge >= 0.3 is 0 Å². The Hall–Kier alpha value is -2.25. The minimum atomic E-state index is 0.401. The van der Waals surface area contributed by atoms with Crippen LogP contribution < -0.4 is 5.73 Å². The van der Waals surface area contributed by atoms with Crippen LogP contribution in [-0.2, 0) is 11.3 Å². The molecule has 2 aromatic rings. The van der Waals surface area contributed by atoms with Crippen molar-refractivity contribution in [2.75, 3.05) is 12.8 Å². The molecule has 0 saturated carbocycles. The number of hydrogen-bond donors (Lipinski definition) is 2. The molecule has 0 unspecified atom stereocenters. The Labute approximate surface area is 106 Å². The van der Waals surface area contributed by atoms with E-state index in [1.54, 1.807) is 7.11 Å². The zero-order valence-electron chi connectivity index (χ0n) is 10.4. The first-order valence-corrected chi connectivity index (χ1v) is 5.63. The fraction of sp³-hybridized carbons (Fsp3) is 0.214. The summed E-state index contributed by atoms with van der Waals surface area (Å²) in [5, 5.41) is 9.30. The molecule has 0 saturated heterocycles. The normalized spacial score (nSPS) is 10.3. The molecular weight excluding hydrogens is 226 g/mol. The van der Waals surface area contributed by atoms with Crippen LogP contribution in [0.1, 0.15) is 17.0 Å². The molecule has 4 nitrogen and oxygen atoms in total. The van der Waals surface area contributed by atoms with Gasteiger partial charge in [-0.05, 0) is 24.6 Å². The Morgan fingerprint density at radius 3 is 2.56 bits per heavy atom. The van der Waals surface area contributed by atoms with Crippen molar-refractivity contribution in [3.63, 3.8) is 0 Å². The van der Waals surface area contributed by atoms with E-state index in [2.05, 4.69) is 11.1 Å². The topological polar surface area (TPSA) is 74.8 Å². The summed E-state index contributed by atoms with van der Waals surface area (Å²) < 4.78 is 5.09. The lowest BCUT2D eigenvalue weighted by atomic mass is 10.0. The molecule has 92 valence electrons. The number of nitrogens with zero attached hydrogens (tertiary/aromatic N) is 1. The molecule has 0 amide bonds. The van der Waals surface area contributed by atoms with Crippen LogP contribution in [0.15, 0.2) is 24.3 Å². The highest BCUT2D eigenvalue weighted by molar-refractivity contribution is 5.75. The number of aromatic nitrogens is 1. The van der Waals surface area contributed by atoms with E-state index in [-0.39, 0.29) is 0 Å². The van der Waals surface area contributed by atoms with E-state index in [0.717, 1.165) is 22.5 Å². The lowest BCUT2D eigenvalue weighted by Gasteiger charge is -2.02. The van der Waals surface area contributed by atoms with Crippen molar-refractivity contribution in [2.24, 2.45) is 0 Å². The van der Waals surface area contributed by atoms with Gasteiger partial charge in [-0.3, -0.25) is 0 Å². The number of nitrogen functional groups attached to an aromatic ring is 1. The van der Waals surface area contributed by atoms with Crippen molar-refractivity contribution in [3.8, 4) is 17.2 Å². The number of anilines is 1. The third-order valence-electron chi connectivity index (χ3n) is 2.87. The largest absolute Gasteiger partial charge is 0.399 e. The predicted octanol–water partition coefficient (Wildman–Crippen LogP) is 2.59. The van der Waals surface area contributed by atoms with Crippen molar-refractivity contribution < 1.29 is 4.74 Å². The molecule has 18 heavy (non-hydrogen) atoms. The first-order chi connectivity index (χ1) is 8.67. The zero-order valence-corrected chi connectivity index (χ0v) is 10.4. The minimum absolute atomic E-state index is 0.401. The number of H-pyrrole nitrogens is 1. The maximum atomic E-state index is 9.30. The summed E-state index contributed by atoms with van der Waals surface area (Å²) in [7, 11) is 1.61. The van der Waals surface area contributed by atoms with Gasteiger partial charge in [0, 0.05) is 24.1 Å². The third-order valence-corrected chi connectivity index (χ3v) is 2.87. The summed E-state index contributed by atoms with van der Waals surface area (Å²) >= 11 is 0. The second kappa shape index (κ2) is 4.94. The maximum absolute atomic E-state index is 9.30. The second-order valence-corrected chi connectivity index (χ2v) is 4.15. The van der Waals surface area contributed by atoms with Gasteiger partial charge in [0.25, 0.3) is 0 Å². The van der Waals surface area contributed by atoms with Crippen LogP contribution in [0, 0.1) is 18.3 Å². The molecule has 0 spiro atoms. The SMILES string of the molecule is COCc1[nH]c(C)c(-c2ccc(N)cc2)c1C#N. The highest BCUT2D eigenvalue weighted by atomic mass is 16.5. The number of methoxy groups -OCH3 is 1. The monoisotopic (exact) mass is 241 g/mol. The average Bonchev–Trinajstić information content (AvgIpc) is 2.67. The van der Waals surface area contributed by atoms with Crippen LogP contribution in [-0.4, -0.2) is 12.1 Å². The first-order valence-electron chi connectivity index (χ1n) is 5.63. The van der Waals surface area contributed by atoms with Gasteiger partial charge in [0.1, 0.15) is 6.07 Å². The Morgan fingerprint density at radius 2 is 2.00 bits per heavy atom. The van der Waals surface area contributed by atoms with E-state index < -0.39 is 0 Å². The Kier molecular flexibility index (Phi) is 3.35. The van der Waals surface area contributed by atoms with Gasteiger partial charge in [-0.2, -0.15) is 5.26 Å². The molecule has 0 aliphatic carbocycles. The van der Waals surface area contributed by atoms with E-state index in [1.807, 2.05) is 31.2 Å². The van der Waals surface area contributed by atoms with Crippen LogP contribution in [0.5, 0.6) is 0 Å². The van der Waals surface area contributed by atoms with Gasteiger partial charge in [-0.25, -0.2) is 0 Å². The van der Waals surface area contributed by atoms with Gasteiger partial charge in [0.15, 0.2) is 0 Å². The Morgan fingerprint density at radius 1 is 1.33 bits per heavy atom. The number of benzene rings is 1. The summed E-state index contributed by atoms with van der Waals surface area (Å²) in [5.74, 6) is 0. The highest BCUT2D eigenvalue weighted by Crippen LogP contribution is 2.30. The lowest BCUT2D eigenvalue weighted by Crippen LogP contribution is -1.91. The smallest absolute Gasteiger partial charge is 0.102 e. The van der Waals surface area contributed by atoms with E-state index in [0.29, 0.717) is 17.9 Å². The zero-order chi connectivity index (χ0) is 13.1. The molecule has 0 fully saturated rings. The average molecular weight is 241 g/mol. The van der Waals surface area contributed by atoms with Gasteiger partial charge in [-0.15, -0.1) is 0 Å². The predicted molar refractivity (Wildman–Crippen MR) is 70.8 cm³/mol. The number of aryl methyl sites for hydroxylation is 1. The lowest BCUT2D eigenvalue weighted by molar-refractivity contribution is 0.181. The number of hydrogen-bond acceptors (Lipinski definition) is 3. The van der Waals surface area contributed by atoms with Crippen LogP contribution in [0.3, 0.4) is 0 Å². The molecule has 0 aliphatic rings. The molecular formula is C14H15N3O. The van der Waals surface area contributed by atoms with Crippen molar-refractivity contribution >= 4 is 5.69 Å². The molecule has 0 bridgehead atoms. The fourth-order valence-corrected chi connectivity index (χ4v) is 2.08. The number of rotatable bonds is 3. The summed E-state index contributed by atoms with van der Waals surface area (Å²) in [4.78, 5) is 3.20. The van der Waals surface area contributed by atoms with Gasteiger partial charge in [-0.1, -0.05) is 12.1 Å². The molecule has 3 N–H and O–H groups in total. The molecule has 2 rings (SSSR count). The quantitative estimate of drug-likeness (QED) is 0.811. The van der Waals surface area contributed by atoms with Crippen molar-refractivity contribution in [1.82, 2.24) is 4.98 Å². The first kappa shape index (κ1) is 12.2. The van der Waals surface area contributed by atoms with Gasteiger partial charge < -0.3 is 15.5 Å². The molecule has 4 heteroatoms. The summed E-state index contributed by atoms with van der Waals surface area (Å²) in [5.41, 5.74) is 10.7. The van der Waals surface area contributed by atoms with E-state index in [9.17, 15) is 5.26 Å². The second-order valence-electron chi connectivity index (χ2n) is 4.15. The van der Waals surface area contributed by atoms with Crippen LogP contribution in [0.2, 0.25) is 0 Å². The van der Waals surface area contributed by atoms with Crippen LogP contribution in [0.4, 0.5) is 5.69 Å². The molecule has 0 radical (unpaired) electrons. The number of nitrogens with one attached hydrogen (secondary N) is 1. The third kappa shape index (κ3) is 2.08. The molecule has 1 heterocycles. The fourth-order valence-electron chi connectivity index (χ4n) is 2.08. The molecule has 1 aromatic carbocycles. The maximum Gasteiger partial charge on any atom is 0.102 e. The standard InChI is InChI=1S/C14H15N3O/c1-9-14(10-3-5-11(16)6-4-10)12(7-15)13(17-9)8-18-2/h3-6,17H,8,16H2,1-2H3. The van der Waals surface area contributed by atoms with Gasteiger partial charge in [0.2, 0.25) is 0 Å². The van der Waals surface area contributed by atoms with Gasteiger partial charge in [0.05, 0.1) is 17.9 Å². The van der Waals surface area contributed by atoms with Crippen molar-refractivity contribution in [3.05, 3.63) is 41.2 Å². The number of ether oxygens (including phenoxy) is 1. The Bertz CT molecular complexity index is 591.